The molecule has 1 aliphatic heterocycles. The van der Waals surface area contributed by atoms with Gasteiger partial charge in [-0.1, -0.05) is 61.9 Å². The third-order valence-corrected chi connectivity index (χ3v) is 6.88. The molecule has 1 saturated heterocycles. The largest absolute Gasteiger partial charge is 0.405 e. The minimum Gasteiger partial charge on any atom is -0.405 e. The van der Waals surface area contributed by atoms with Crippen LogP contribution in [-0.4, -0.2) is 52.4 Å². The number of carbonyl (C=O) groups excluding carboxylic acids is 2. The molecule has 4 aromatic rings. The molecule has 1 aromatic heterocycles. The minimum atomic E-state index is -0.338. The maximum atomic E-state index is 13.5. The van der Waals surface area contributed by atoms with Crippen LogP contribution >= 0.6 is 0 Å². The molecule has 2 heterocycles. The second kappa shape index (κ2) is 11.4. The van der Waals surface area contributed by atoms with E-state index in [1.807, 2.05) is 66.4 Å². The van der Waals surface area contributed by atoms with E-state index in [0.29, 0.717) is 35.3 Å². The third-order valence-electron chi connectivity index (χ3n) is 6.88. The Kier molecular flexibility index (Phi) is 7.63. The number of anilines is 1. The van der Waals surface area contributed by atoms with Crippen molar-refractivity contribution in [3.8, 4) is 17.1 Å². The Morgan fingerprint density at radius 2 is 1.66 bits per heavy atom. The summed E-state index contributed by atoms with van der Waals surface area (Å²) in [5.41, 5.74) is 4.18. The molecule has 3 aromatic carbocycles. The lowest BCUT2D eigenvalue weighted by atomic mass is 10.1. The molecule has 1 aliphatic rings. The first-order valence-corrected chi connectivity index (χ1v) is 13.2. The van der Waals surface area contributed by atoms with Crippen molar-refractivity contribution in [1.82, 2.24) is 14.9 Å². The van der Waals surface area contributed by atoms with Crippen molar-refractivity contribution in [2.45, 2.75) is 39.2 Å². The Bertz CT molecular complexity index is 1430. The molecule has 0 bridgehead atoms. The van der Waals surface area contributed by atoms with Crippen molar-refractivity contribution >= 4 is 28.6 Å². The maximum absolute atomic E-state index is 13.5. The topological polar surface area (TPSA) is 75.6 Å². The van der Waals surface area contributed by atoms with Crippen molar-refractivity contribution in [3.63, 3.8) is 0 Å². The number of ether oxygens (including phenoxy) is 1. The summed E-state index contributed by atoms with van der Waals surface area (Å²) in [6.07, 6.45) is 1.96. The maximum Gasteiger partial charge on any atom is 0.312 e. The molecular weight excluding hydrogens is 476 g/mol. The Labute approximate surface area is 223 Å². The number of hydrogen-bond acceptors (Lipinski definition) is 6. The highest BCUT2D eigenvalue weighted by atomic mass is 16.5. The molecule has 7 heteroatoms. The number of rotatable bonds is 7. The number of fused-ring (bicyclic) bond motifs is 1. The summed E-state index contributed by atoms with van der Waals surface area (Å²) in [7, 11) is 0. The fourth-order valence-corrected chi connectivity index (χ4v) is 4.80. The number of para-hydroxylation sites is 1. The summed E-state index contributed by atoms with van der Waals surface area (Å²) in [6.45, 7) is 6.27. The number of benzene rings is 3. The van der Waals surface area contributed by atoms with Gasteiger partial charge in [0.05, 0.1) is 11.0 Å². The number of aromatic nitrogens is 2. The SMILES string of the molecule is CCCCC(=O)Oc1nc2cc(C(=O)N3CCN(c4ccccc4)C[C@H]3C)ccc2nc1-c1ccccc1. The molecule has 0 unspecified atom stereocenters. The monoisotopic (exact) mass is 508 g/mol. The van der Waals surface area contributed by atoms with Gasteiger partial charge in [0.2, 0.25) is 5.88 Å². The number of hydrogen-bond donors (Lipinski definition) is 0. The van der Waals surface area contributed by atoms with Crippen molar-refractivity contribution in [2.75, 3.05) is 24.5 Å². The second-order valence-electron chi connectivity index (χ2n) is 9.65. The summed E-state index contributed by atoms with van der Waals surface area (Å²) >= 11 is 0. The zero-order chi connectivity index (χ0) is 26.5. The summed E-state index contributed by atoms with van der Waals surface area (Å²) in [4.78, 5) is 39.7. The van der Waals surface area contributed by atoms with Gasteiger partial charge in [-0.25, -0.2) is 9.97 Å². The fourth-order valence-electron chi connectivity index (χ4n) is 4.80. The zero-order valence-electron chi connectivity index (χ0n) is 21.8. The summed E-state index contributed by atoms with van der Waals surface area (Å²) < 4.78 is 5.68. The summed E-state index contributed by atoms with van der Waals surface area (Å²) in [5.74, 6) is -0.211. The Morgan fingerprint density at radius 1 is 0.921 bits per heavy atom. The van der Waals surface area contributed by atoms with E-state index in [2.05, 4.69) is 28.9 Å². The van der Waals surface area contributed by atoms with Gasteiger partial charge in [-0.05, 0) is 43.7 Å². The number of carbonyl (C=O) groups is 2. The van der Waals surface area contributed by atoms with E-state index in [9.17, 15) is 9.59 Å². The average molecular weight is 509 g/mol. The van der Waals surface area contributed by atoms with Crippen LogP contribution in [0.4, 0.5) is 5.69 Å². The fraction of sp³-hybridized carbons (Fsp3) is 0.290. The van der Waals surface area contributed by atoms with Gasteiger partial charge in [-0.2, -0.15) is 0 Å². The normalized spacial score (nSPS) is 15.5. The predicted octanol–water partition coefficient (Wildman–Crippen LogP) is 5.74. The highest BCUT2D eigenvalue weighted by Crippen LogP contribution is 2.30. The molecule has 1 fully saturated rings. The van der Waals surface area contributed by atoms with E-state index in [0.717, 1.165) is 31.5 Å². The first kappa shape index (κ1) is 25.4. The van der Waals surface area contributed by atoms with Crippen molar-refractivity contribution in [1.29, 1.82) is 0 Å². The number of unbranched alkanes of at least 4 members (excludes halogenated alkanes) is 1. The Balaban J connectivity index is 1.42. The van der Waals surface area contributed by atoms with Gasteiger partial charge in [0.15, 0.2) is 0 Å². The molecule has 1 amide bonds. The molecule has 0 radical (unpaired) electrons. The van der Waals surface area contributed by atoms with Crippen LogP contribution in [-0.2, 0) is 4.79 Å². The van der Waals surface area contributed by atoms with Crippen LogP contribution in [0.5, 0.6) is 5.88 Å². The van der Waals surface area contributed by atoms with Gasteiger partial charge in [0, 0.05) is 48.9 Å². The van der Waals surface area contributed by atoms with Gasteiger partial charge in [-0.3, -0.25) is 9.59 Å². The quantitative estimate of drug-likeness (QED) is 0.296. The molecule has 0 spiro atoms. The number of nitrogens with zero attached hydrogens (tertiary/aromatic N) is 4. The van der Waals surface area contributed by atoms with Crippen LogP contribution < -0.4 is 9.64 Å². The van der Waals surface area contributed by atoms with Crippen LogP contribution in [0.1, 0.15) is 43.5 Å². The van der Waals surface area contributed by atoms with E-state index in [4.69, 9.17) is 9.72 Å². The average Bonchev–Trinajstić information content (AvgIpc) is 2.96. The highest BCUT2D eigenvalue weighted by Gasteiger charge is 2.28. The molecule has 0 aliphatic carbocycles. The highest BCUT2D eigenvalue weighted by molar-refractivity contribution is 5.98. The van der Waals surface area contributed by atoms with Crippen molar-refractivity contribution in [2.24, 2.45) is 0 Å². The summed E-state index contributed by atoms with van der Waals surface area (Å²) in [5, 5.41) is 0. The lowest BCUT2D eigenvalue weighted by Gasteiger charge is -2.41. The lowest BCUT2D eigenvalue weighted by Crippen LogP contribution is -2.54. The minimum absolute atomic E-state index is 0.0393. The van der Waals surface area contributed by atoms with Crippen LogP contribution in [0.2, 0.25) is 0 Å². The third kappa shape index (κ3) is 5.52. The van der Waals surface area contributed by atoms with Gasteiger partial charge in [-0.15, -0.1) is 0 Å². The summed E-state index contributed by atoms with van der Waals surface area (Å²) in [6, 6.07) is 25.2. The van der Waals surface area contributed by atoms with Gasteiger partial charge >= 0.3 is 5.97 Å². The molecule has 0 saturated carbocycles. The van der Waals surface area contributed by atoms with Crippen LogP contribution in [0.15, 0.2) is 78.9 Å². The van der Waals surface area contributed by atoms with E-state index in [-0.39, 0.29) is 23.8 Å². The van der Waals surface area contributed by atoms with Crippen molar-refractivity contribution < 1.29 is 14.3 Å². The first-order valence-electron chi connectivity index (χ1n) is 13.2. The molecular formula is C31H32N4O3. The van der Waals surface area contributed by atoms with Crippen LogP contribution in [0.25, 0.3) is 22.3 Å². The van der Waals surface area contributed by atoms with E-state index in [1.54, 1.807) is 12.1 Å². The van der Waals surface area contributed by atoms with Gasteiger partial charge in [0.1, 0.15) is 5.69 Å². The molecule has 7 nitrogen and oxygen atoms in total. The van der Waals surface area contributed by atoms with E-state index >= 15 is 0 Å². The number of esters is 1. The van der Waals surface area contributed by atoms with Crippen molar-refractivity contribution in [3.05, 3.63) is 84.4 Å². The van der Waals surface area contributed by atoms with Crippen LogP contribution in [0.3, 0.4) is 0 Å². The first-order chi connectivity index (χ1) is 18.5. The van der Waals surface area contributed by atoms with E-state index < -0.39 is 0 Å². The molecule has 5 rings (SSSR count). The smallest absolute Gasteiger partial charge is 0.312 e. The molecule has 38 heavy (non-hydrogen) atoms. The zero-order valence-corrected chi connectivity index (χ0v) is 21.8. The molecule has 1 atom stereocenters. The van der Waals surface area contributed by atoms with Gasteiger partial charge < -0.3 is 14.5 Å². The lowest BCUT2D eigenvalue weighted by molar-refractivity contribution is -0.134. The van der Waals surface area contributed by atoms with E-state index in [1.165, 1.54) is 5.69 Å². The Morgan fingerprint density at radius 3 is 2.37 bits per heavy atom. The number of amides is 1. The standard InChI is InChI=1S/C31H32N4O3/c1-3-4-15-28(36)38-30-29(23-11-7-5-8-12-23)32-26-17-16-24(20-27(26)33-30)31(37)35-19-18-34(21-22(35)2)25-13-9-6-10-14-25/h5-14,16-17,20,22H,3-4,15,18-19,21H2,1-2H3/t22-/m1/s1. The number of piperazine rings is 1. The second-order valence-corrected chi connectivity index (χ2v) is 9.65. The Hall–Kier alpha value is -4.26. The van der Waals surface area contributed by atoms with Crippen LogP contribution in [0, 0.1) is 0 Å². The van der Waals surface area contributed by atoms with Gasteiger partial charge in [0.25, 0.3) is 5.91 Å². The molecule has 0 N–H and O–H groups in total. The predicted molar refractivity (Wildman–Crippen MR) is 149 cm³/mol. The molecule has 194 valence electrons.